The summed E-state index contributed by atoms with van der Waals surface area (Å²) in [4.78, 5) is 21.7. The first-order chi connectivity index (χ1) is 5.74. The average Bonchev–Trinajstić information content (AvgIpc) is 2.83. The zero-order valence-corrected chi connectivity index (χ0v) is 7.08. The van der Waals surface area contributed by atoms with Gasteiger partial charge in [0.15, 0.2) is 0 Å². The Morgan fingerprint density at radius 2 is 2.17 bits per heavy atom. The van der Waals surface area contributed by atoms with Crippen LogP contribution in [0.15, 0.2) is 12.2 Å². The second-order valence-corrected chi connectivity index (χ2v) is 2.78. The van der Waals surface area contributed by atoms with Crippen LogP contribution in [-0.2, 0) is 14.3 Å². The summed E-state index contributed by atoms with van der Waals surface area (Å²) < 4.78 is 4.52. The van der Waals surface area contributed by atoms with Crippen LogP contribution in [0.5, 0.6) is 0 Å². The number of carbonyl (C=O) groups is 2. The van der Waals surface area contributed by atoms with Crippen LogP contribution in [-0.4, -0.2) is 18.4 Å². The van der Waals surface area contributed by atoms with Crippen LogP contribution in [0.2, 0.25) is 0 Å². The second-order valence-electron chi connectivity index (χ2n) is 2.78. The van der Waals surface area contributed by atoms with Gasteiger partial charge in [-0.1, -0.05) is 6.08 Å². The Labute approximate surface area is 71.4 Å². The molecule has 1 saturated carbocycles. The Morgan fingerprint density at radius 1 is 1.50 bits per heavy atom. The summed E-state index contributed by atoms with van der Waals surface area (Å²) in [7, 11) is 0. The van der Waals surface area contributed by atoms with Gasteiger partial charge >= 0.3 is 5.97 Å². The van der Waals surface area contributed by atoms with Gasteiger partial charge in [0, 0.05) is 0 Å². The van der Waals surface area contributed by atoms with Crippen LogP contribution in [0.3, 0.4) is 0 Å². The smallest absolute Gasteiger partial charge is 0.378 e. The van der Waals surface area contributed by atoms with E-state index in [2.05, 4.69) is 4.74 Å². The molecular formula is C9H12O3. The quantitative estimate of drug-likeness (QED) is 0.358. The molecule has 0 bridgehead atoms. The number of rotatable bonds is 4. The summed E-state index contributed by atoms with van der Waals surface area (Å²) in [5.41, 5.74) is 0. The highest BCUT2D eigenvalue weighted by molar-refractivity contribution is 6.38. The minimum atomic E-state index is -0.755. The molecule has 12 heavy (non-hydrogen) atoms. The van der Waals surface area contributed by atoms with Gasteiger partial charge in [-0.15, -0.1) is 0 Å². The van der Waals surface area contributed by atoms with E-state index >= 15 is 0 Å². The Hall–Kier alpha value is -1.12. The van der Waals surface area contributed by atoms with Crippen molar-refractivity contribution in [3.8, 4) is 0 Å². The maximum Gasteiger partial charge on any atom is 0.378 e. The van der Waals surface area contributed by atoms with E-state index in [-0.39, 0.29) is 6.61 Å². The highest BCUT2D eigenvalue weighted by atomic mass is 16.5. The fourth-order valence-electron chi connectivity index (χ4n) is 0.782. The molecule has 0 amide bonds. The third-order valence-electron chi connectivity index (χ3n) is 1.62. The van der Waals surface area contributed by atoms with Crippen molar-refractivity contribution in [1.29, 1.82) is 0 Å². The normalized spacial score (nSPS) is 16.4. The molecule has 0 N–H and O–H groups in total. The van der Waals surface area contributed by atoms with Gasteiger partial charge in [0.2, 0.25) is 0 Å². The van der Waals surface area contributed by atoms with Crippen LogP contribution < -0.4 is 0 Å². The van der Waals surface area contributed by atoms with Crippen molar-refractivity contribution in [3.63, 3.8) is 0 Å². The van der Waals surface area contributed by atoms with E-state index in [1.54, 1.807) is 13.0 Å². The predicted octanol–water partition coefficient (Wildman–Crippen LogP) is 1.08. The van der Waals surface area contributed by atoms with Crippen LogP contribution in [0, 0.1) is 5.92 Å². The molecular weight excluding hydrogens is 156 g/mol. The average molecular weight is 168 g/mol. The summed E-state index contributed by atoms with van der Waals surface area (Å²) >= 11 is 0. The van der Waals surface area contributed by atoms with Crippen molar-refractivity contribution in [2.45, 2.75) is 19.8 Å². The maximum atomic E-state index is 10.9. The van der Waals surface area contributed by atoms with Gasteiger partial charge < -0.3 is 4.74 Å². The van der Waals surface area contributed by atoms with Gasteiger partial charge in [0.05, 0.1) is 6.61 Å². The van der Waals surface area contributed by atoms with E-state index < -0.39 is 11.8 Å². The van der Waals surface area contributed by atoms with Crippen molar-refractivity contribution >= 4 is 11.8 Å². The molecule has 3 nitrogen and oxygen atoms in total. The van der Waals surface area contributed by atoms with Crippen LogP contribution >= 0.6 is 0 Å². The molecule has 0 unspecified atom stereocenters. The van der Waals surface area contributed by atoms with E-state index in [9.17, 15) is 9.59 Å². The van der Waals surface area contributed by atoms with Gasteiger partial charge in [-0.3, -0.25) is 4.79 Å². The lowest BCUT2D eigenvalue weighted by atomic mass is 10.3. The Morgan fingerprint density at radius 3 is 2.67 bits per heavy atom. The van der Waals surface area contributed by atoms with E-state index in [0.29, 0.717) is 5.92 Å². The molecule has 0 atom stereocenters. The summed E-state index contributed by atoms with van der Waals surface area (Å²) in [6.45, 7) is 1.93. The van der Waals surface area contributed by atoms with Crippen LogP contribution in [0.4, 0.5) is 0 Å². The number of esters is 1. The minimum absolute atomic E-state index is 0.252. The molecule has 0 heterocycles. The number of allylic oxidation sites excluding steroid dienone is 1. The molecule has 0 aliphatic heterocycles. The largest absolute Gasteiger partial charge is 0.460 e. The van der Waals surface area contributed by atoms with Gasteiger partial charge in [0.25, 0.3) is 5.78 Å². The molecule has 3 heteroatoms. The lowest BCUT2D eigenvalue weighted by molar-refractivity contribution is -0.151. The fourth-order valence-corrected chi connectivity index (χ4v) is 0.782. The third kappa shape index (κ3) is 2.86. The van der Waals surface area contributed by atoms with Gasteiger partial charge in [-0.2, -0.15) is 0 Å². The topological polar surface area (TPSA) is 43.4 Å². The van der Waals surface area contributed by atoms with Crippen molar-refractivity contribution in [1.82, 2.24) is 0 Å². The minimum Gasteiger partial charge on any atom is -0.460 e. The molecule has 0 aromatic carbocycles. The Bertz CT molecular complexity index is 214. The lowest BCUT2D eigenvalue weighted by Crippen LogP contribution is -2.14. The molecule has 1 aliphatic rings. The summed E-state index contributed by atoms with van der Waals surface area (Å²) in [5, 5.41) is 0. The Kier molecular flexibility index (Phi) is 3.02. The summed E-state index contributed by atoms with van der Waals surface area (Å²) in [6.07, 6.45) is 5.36. The molecule has 1 fully saturated rings. The van der Waals surface area contributed by atoms with E-state index in [4.69, 9.17) is 0 Å². The van der Waals surface area contributed by atoms with Crippen molar-refractivity contribution < 1.29 is 14.3 Å². The van der Waals surface area contributed by atoms with E-state index in [1.807, 2.05) is 0 Å². The molecule has 0 aromatic heterocycles. The van der Waals surface area contributed by atoms with Crippen molar-refractivity contribution in [2.24, 2.45) is 5.92 Å². The lowest BCUT2D eigenvalue weighted by Gasteiger charge is -1.94. The van der Waals surface area contributed by atoms with Gasteiger partial charge in [0.1, 0.15) is 0 Å². The molecule has 0 saturated heterocycles. The number of hydrogen-bond donors (Lipinski definition) is 0. The summed E-state index contributed by atoms with van der Waals surface area (Å²) in [6, 6.07) is 0. The first-order valence-corrected chi connectivity index (χ1v) is 4.13. The van der Waals surface area contributed by atoms with E-state index in [0.717, 1.165) is 12.8 Å². The van der Waals surface area contributed by atoms with Crippen molar-refractivity contribution in [3.05, 3.63) is 12.2 Å². The molecule has 1 rings (SSSR count). The van der Waals surface area contributed by atoms with Crippen LogP contribution in [0.25, 0.3) is 0 Å². The fraction of sp³-hybridized carbons (Fsp3) is 0.556. The molecule has 1 aliphatic carbocycles. The van der Waals surface area contributed by atoms with Gasteiger partial charge in [-0.05, 0) is 31.8 Å². The SMILES string of the molecule is CCOC(=O)C(=O)C=CC1CC1. The Balaban J connectivity index is 2.30. The number of ether oxygens (including phenoxy) is 1. The molecule has 0 spiro atoms. The van der Waals surface area contributed by atoms with E-state index in [1.165, 1.54) is 6.08 Å². The predicted molar refractivity (Wildman–Crippen MR) is 43.5 cm³/mol. The molecule has 66 valence electrons. The van der Waals surface area contributed by atoms with Crippen LogP contribution in [0.1, 0.15) is 19.8 Å². The number of hydrogen-bond acceptors (Lipinski definition) is 3. The molecule has 0 aromatic rings. The zero-order valence-electron chi connectivity index (χ0n) is 7.08. The monoisotopic (exact) mass is 168 g/mol. The highest BCUT2D eigenvalue weighted by Gasteiger charge is 2.19. The third-order valence-corrected chi connectivity index (χ3v) is 1.62. The summed E-state index contributed by atoms with van der Waals surface area (Å²) in [5.74, 6) is -0.790. The van der Waals surface area contributed by atoms with Crippen molar-refractivity contribution in [2.75, 3.05) is 6.61 Å². The molecule has 0 radical (unpaired) electrons. The second kappa shape index (κ2) is 4.04. The highest BCUT2D eigenvalue weighted by Crippen LogP contribution is 2.29. The maximum absolute atomic E-state index is 10.9. The number of carbonyl (C=O) groups excluding carboxylic acids is 2. The standard InChI is InChI=1S/C9H12O3/c1-2-12-9(11)8(10)6-5-7-3-4-7/h5-7H,2-4H2,1H3. The first kappa shape index (κ1) is 8.97. The number of ketones is 1. The zero-order chi connectivity index (χ0) is 8.97. The first-order valence-electron chi connectivity index (χ1n) is 4.13. The van der Waals surface area contributed by atoms with Gasteiger partial charge in [-0.25, -0.2) is 4.79 Å².